The molecule has 1 aliphatic rings. The minimum absolute atomic E-state index is 0.0947. The molecule has 3 aromatic rings. The van der Waals surface area contributed by atoms with Crippen molar-refractivity contribution in [1.29, 1.82) is 0 Å². The number of rotatable bonds is 7. The molecule has 0 amide bonds. The second kappa shape index (κ2) is 9.12. The van der Waals surface area contributed by atoms with E-state index in [9.17, 15) is 8.42 Å². The number of hydrogen-bond donors (Lipinski definition) is 1. The molecule has 5 nitrogen and oxygen atoms in total. The third-order valence-electron chi connectivity index (χ3n) is 5.65. The van der Waals surface area contributed by atoms with Crippen LogP contribution in [0.2, 0.25) is 0 Å². The van der Waals surface area contributed by atoms with E-state index in [0.717, 1.165) is 41.5 Å². The summed E-state index contributed by atoms with van der Waals surface area (Å²) in [7, 11) is -3.55. The van der Waals surface area contributed by atoms with E-state index in [1.54, 1.807) is 0 Å². The Morgan fingerprint density at radius 2 is 1.61 bits per heavy atom. The maximum atomic E-state index is 13.0. The van der Waals surface area contributed by atoms with Crippen molar-refractivity contribution >= 4 is 15.7 Å². The summed E-state index contributed by atoms with van der Waals surface area (Å²) in [5.41, 5.74) is 10.9. The monoisotopic (exact) mass is 436 g/mol. The van der Waals surface area contributed by atoms with Gasteiger partial charge in [-0.3, -0.25) is 4.31 Å². The molecule has 0 fully saturated rings. The topological polar surface area (TPSA) is 72.6 Å². The molecule has 2 N–H and O–H groups in total. The fraction of sp³-hybridized carbons (Fsp3) is 0.280. The summed E-state index contributed by atoms with van der Waals surface area (Å²) in [5, 5.41) is 0. The van der Waals surface area contributed by atoms with Gasteiger partial charge in [-0.15, -0.1) is 0 Å². The molecule has 4 rings (SSSR count). The fourth-order valence-corrected chi connectivity index (χ4v) is 4.99. The van der Waals surface area contributed by atoms with Crippen LogP contribution in [0.25, 0.3) is 0 Å². The first-order valence-corrected chi connectivity index (χ1v) is 12.4. The average molecular weight is 437 g/mol. The van der Waals surface area contributed by atoms with E-state index in [-0.39, 0.29) is 12.6 Å². The van der Waals surface area contributed by atoms with Crippen molar-refractivity contribution in [1.82, 2.24) is 0 Å². The summed E-state index contributed by atoms with van der Waals surface area (Å²) in [6.45, 7) is 0.624. The van der Waals surface area contributed by atoms with Crippen LogP contribution in [-0.4, -0.2) is 20.7 Å². The van der Waals surface area contributed by atoms with Gasteiger partial charge in [0.25, 0.3) is 0 Å². The smallest absolute Gasteiger partial charge is 0.232 e. The van der Waals surface area contributed by atoms with Gasteiger partial charge >= 0.3 is 0 Å². The van der Waals surface area contributed by atoms with Crippen LogP contribution < -0.4 is 14.8 Å². The molecule has 0 aliphatic heterocycles. The van der Waals surface area contributed by atoms with Gasteiger partial charge in [-0.05, 0) is 47.6 Å². The van der Waals surface area contributed by atoms with Crippen molar-refractivity contribution in [3.05, 3.63) is 95.1 Å². The third kappa shape index (κ3) is 5.09. The highest BCUT2D eigenvalue weighted by atomic mass is 32.2. The Labute approximate surface area is 184 Å². The zero-order valence-electron chi connectivity index (χ0n) is 17.7. The first-order chi connectivity index (χ1) is 14.9. The maximum absolute atomic E-state index is 13.0. The number of sulfonamides is 1. The fourth-order valence-electron chi connectivity index (χ4n) is 4.08. The molecular formula is C25H28N2O3S. The number of nitrogens with two attached hydrogens (primary N) is 1. The van der Waals surface area contributed by atoms with E-state index in [0.29, 0.717) is 18.0 Å². The van der Waals surface area contributed by atoms with Crippen LogP contribution in [0.5, 0.6) is 5.75 Å². The van der Waals surface area contributed by atoms with Gasteiger partial charge in [-0.1, -0.05) is 66.7 Å². The molecule has 31 heavy (non-hydrogen) atoms. The first-order valence-electron chi connectivity index (χ1n) is 10.5. The SMILES string of the molecule is CS(=O)(=O)N(Cc1ccccc1)c1c(OCc2ccccc2)ccc2c1CCC(N)C2. The second-order valence-electron chi connectivity index (χ2n) is 8.08. The lowest BCUT2D eigenvalue weighted by molar-refractivity contribution is 0.306. The number of benzene rings is 3. The molecule has 1 aliphatic carbocycles. The minimum Gasteiger partial charge on any atom is -0.487 e. The minimum atomic E-state index is -3.55. The number of hydrogen-bond acceptors (Lipinski definition) is 4. The number of ether oxygens (including phenoxy) is 1. The van der Waals surface area contributed by atoms with Crippen molar-refractivity contribution in [2.45, 2.75) is 38.5 Å². The maximum Gasteiger partial charge on any atom is 0.232 e. The summed E-state index contributed by atoms with van der Waals surface area (Å²) in [6, 6.07) is 23.5. The van der Waals surface area contributed by atoms with Gasteiger partial charge in [-0.2, -0.15) is 0 Å². The Balaban J connectivity index is 1.78. The Morgan fingerprint density at radius 3 is 2.26 bits per heavy atom. The first kappa shape index (κ1) is 21.4. The van der Waals surface area contributed by atoms with Gasteiger partial charge in [0.05, 0.1) is 18.5 Å². The highest BCUT2D eigenvalue weighted by Gasteiger charge is 2.29. The molecule has 1 unspecified atom stereocenters. The lowest BCUT2D eigenvalue weighted by Crippen LogP contribution is -2.33. The predicted molar refractivity (Wildman–Crippen MR) is 125 cm³/mol. The van der Waals surface area contributed by atoms with Gasteiger partial charge in [-0.25, -0.2) is 8.42 Å². The highest BCUT2D eigenvalue weighted by Crippen LogP contribution is 2.40. The Morgan fingerprint density at radius 1 is 0.968 bits per heavy atom. The lowest BCUT2D eigenvalue weighted by atomic mass is 9.87. The summed E-state index contributed by atoms with van der Waals surface area (Å²) in [6.07, 6.45) is 3.55. The van der Waals surface area contributed by atoms with Crippen molar-refractivity contribution in [2.75, 3.05) is 10.6 Å². The van der Waals surface area contributed by atoms with Crippen LogP contribution in [0.3, 0.4) is 0 Å². The average Bonchev–Trinajstić information content (AvgIpc) is 2.76. The Kier molecular flexibility index (Phi) is 6.30. The Bertz CT molecular complexity index is 1130. The zero-order chi connectivity index (χ0) is 21.8. The van der Waals surface area contributed by atoms with Crippen molar-refractivity contribution in [2.24, 2.45) is 5.73 Å². The van der Waals surface area contributed by atoms with Crippen molar-refractivity contribution in [3.8, 4) is 5.75 Å². The van der Waals surface area contributed by atoms with E-state index in [4.69, 9.17) is 10.5 Å². The van der Waals surface area contributed by atoms with Gasteiger partial charge in [0.1, 0.15) is 12.4 Å². The molecule has 0 saturated heterocycles. The largest absolute Gasteiger partial charge is 0.487 e. The summed E-state index contributed by atoms with van der Waals surface area (Å²) < 4.78 is 33.6. The van der Waals surface area contributed by atoms with Crippen LogP contribution >= 0.6 is 0 Å². The highest BCUT2D eigenvalue weighted by molar-refractivity contribution is 7.92. The molecular weight excluding hydrogens is 408 g/mol. The van der Waals surface area contributed by atoms with E-state index in [1.165, 1.54) is 10.6 Å². The molecule has 0 heterocycles. The van der Waals surface area contributed by atoms with Gasteiger partial charge in [0.2, 0.25) is 10.0 Å². The summed E-state index contributed by atoms with van der Waals surface area (Å²) in [5.74, 6) is 0.583. The number of anilines is 1. The molecule has 0 bridgehead atoms. The van der Waals surface area contributed by atoms with Crippen molar-refractivity contribution < 1.29 is 13.2 Å². The van der Waals surface area contributed by atoms with Crippen LogP contribution in [-0.2, 0) is 36.0 Å². The van der Waals surface area contributed by atoms with Gasteiger partial charge in [0, 0.05) is 6.04 Å². The standard InChI is InChI=1S/C25H28N2O3S/c1-31(28,29)27(17-19-8-4-2-5-9-19)25-23-14-13-22(26)16-21(23)12-15-24(25)30-18-20-10-6-3-7-11-20/h2-12,15,22H,13-14,16-18,26H2,1H3. The molecule has 0 spiro atoms. The van der Waals surface area contributed by atoms with Crippen LogP contribution in [0.1, 0.15) is 28.7 Å². The van der Waals surface area contributed by atoms with E-state index in [2.05, 4.69) is 0 Å². The third-order valence-corrected chi connectivity index (χ3v) is 6.76. The molecule has 6 heteroatoms. The Hall–Kier alpha value is -2.83. The normalized spacial score (nSPS) is 15.9. The number of nitrogens with zero attached hydrogens (tertiary/aromatic N) is 1. The summed E-state index contributed by atoms with van der Waals surface area (Å²) >= 11 is 0. The number of fused-ring (bicyclic) bond motifs is 1. The second-order valence-corrected chi connectivity index (χ2v) is 9.99. The van der Waals surface area contributed by atoms with E-state index >= 15 is 0 Å². The molecule has 162 valence electrons. The van der Waals surface area contributed by atoms with E-state index < -0.39 is 10.0 Å². The van der Waals surface area contributed by atoms with Gasteiger partial charge < -0.3 is 10.5 Å². The van der Waals surface area contributed by atoms with Crippen LogP contribution in [0.4, 0.5) is 5.69 Å². The molecule has 1 atom stereocenters. The van der Waals surface area contributed by atoms with Crippen molar-refractivity contribution in [3.63, 3.8) is 0 Å². The van der Waals surface area contributed by atoms with Crippen LogP contribution in [0, 0.1) is 0 Å². The predicted octanol–water partition coefficient (Wildman–Crippen LogP) is 4.05. The lowest BCUT2D eigenvalue weighted by Gasteiger charge is -2.31. The van der Waals surface area contributed by atoms with Crippen LogP contribution in [0.15, 0.2) is 72.8 Å². The van der Waals surface area contributed by atoms with Gasteiger partial charge in [0.15, 0.2) is 0 Å². The molecule has 0 radical (unpaired) electrons. The zero-order valence-corrected chi connectivity index (χ0v) is 18.5. The molecule has 0 saturated carbocycles. The van der Waals surface area contributed by atoms with E-state index in [1.807, 2.05) is 72.8 Å². The molecule has 3 aromatic carbocycles. The quantitative estimate of drug-likeness (QED) is 0.607. The molecule has 0 aromatic heterocycles. The summed E-state index contributed by atoms with van der Waals surface area (Å²) in [4.78, 5) is 0.